The summed E-state index contributed by atoms with van der Waals surface area (Å²) < 4.78 is 6.10. The van der Waals surface area contributed by atoms with Crippen LogP contribution in [0.25, 0.3) is 0 Å². The van der Waals surface area contributed by atoms with Crippen LogP contribution in [0.5, 0.6) is 0 Å². The minimum absolute atomic E-state index is 0.658. The fourth-order valence-corrected chi connectivity index (χ4v) is 7.29. The Hall–Kier alpha value is -0.786. The van der Waals surface area contributed by atoms with Crippen molar-refractivity contribution in [3.63, 3.8) is 0 Å². The van der Waals surface area contributed by atoms with Crippen molar-refractivity contribution in [2.24, 2.45) is 0 Å². The van der Waals surface area contributed by atoms with E-state index in [1.165, 1.54) is 0 Å². The summed E-state index contributed by atoms with van der Waals surface area (Å²) in [5, 5.41) is 1.12. The highest BCUT2D eigenvalue weighted by Gasteiger charge is 2.21. The van der Waals surface area contributed by atoms with Crippen molar-refractivity contribution in [3.05, 3.63) is 18.2 Å². The fraction of sp³-hybridized carbons (Fsp3) is 0.400. The topological polar surface area (TPSA) is 61.3 Å². The molecule has 0 aliphatic heterocycles. The minimum atomic E-state index is -1.48. The van der Waals surface area contributed by atoms with Crippen LogP contribution < -0.4 is 16.7 Å². The lowest BCUT2D eigenvalue weighted by molar-refractivity contribution is 0.589. The number of hydrogen-bond donors (Lipinski definition) is 2. The predicted molar refractivity (Wildman–Crippen MR) is 72.3 cm³/mol. The van der Waals surface area contributed by atoms with Gasteiger partial charge in [0.2, 0.25) is 0 Å². The molecule has 1 rings (SSSR count). The molecule has 0 aliphatic rings. The first-order chi connectivity index (χ1) is 6.81. The third-order valence-corrected chi connectivity index (χ3v) is 7.76. The Morgan fingerprint density at radius 3 is 2.33 bits per heavy atom. The van der Waals surface area contributed by atoms with Crippen LogP contribution in [-0.2, 0) is 4.12 Å². The molecule has 0 spiro atoms. The van der Waals surface area contributed by atoms with Gasteiger partial charge in [0, 0.05) is 0 Å². The van der Waals surface area contributed by atoms with Crippen LogP contribution >= 0.6 is 0 Å². The van der Waals surface area contributed by atoms with Crippen LogP contribution in [0.1, 0.15) is 0 Å². The first kappa shape index (κ1) is 12.3. The van der Waals surface area contributed by atoms with Crippen LogP contribution in [0.15, 0.2) is 18.2 Å². The van der Waals surface area contributed by atoms with Gasteiger partial charge in [0.25, 0.3) is 0 Å². The molecule has 1 unspecified atom stereocenters. The van der Waals surface area contributed by atoms with E-state index < -0.39 is 17.4 Å². The molecule has 0 bridgehead atoms. The molecule has 0 amide bonds. The van der Waals surface area contributed by atoms with Crippen molar-refractivity contribution in [2.45, 2.75) is 26.2 Å². The standard InChI is InChI=1S/C10H20N2OSi2/c1-14(13-15(2,3)4)9-7-5-6-8(11)10(9)12/h5-7,14H,11-12H2,1-4H3. The maximum Gasteiger partial charge on any atom is 0.194 e. The number of benzene rings is 1. The van der Waals surface area contributed by atoms with E-state index in [2.05, 4.69) is 26.2 Å². The van der Waals surface area contributed by atoms with E-state index in [-0.39, 0.29) is 0 Å². The molecule has 1 aromatic rings. The minimum Gasteiger partial charge on any atom is -0.455 e. The molecule has 0 saturated heterocycles. The third-order valence-electron chi connectivity index (χ3n) is 2.14. The van der Waals surface area contributed by atoms with Gasteiger partial charge in [-0.3, -0.25) is 0 Å². The fourth-order valence-electron chi connectivity index (χ4n) is 1.55. The van der Waals surface area contributed by atoms with Crippen molar-refractivity contribution >= 4 is 33.9 Å². The van der Waals surface area contributed by atoms with E-state index in [0.717, 1.165) is 5.19 Å². The molecule has 0 radical (unpaired) electrons. The number of nitrogens with two attached hydrogens (primary N) is 2. The second-order valence-corrected chi connectivity index (χ2v) is 11.8. The van der Waals surface area contributed by atoms with Crippen molar-refractivity contribution in [3.8, 4) is 0 Å². The van der Waals surface area contributed by atoms with Gasteiger partial charge < -0.3 is 15.6 Å². The van der Waals surface area contributed by atoms with Crippen LogP contribution in [0.4, 0.5) is 11.4 Å². The third kappa shape index (κ3) is 3.37. The molecule has 0 aromatic heterocycles. The molecule has 0 saturated carbocycles. The SMILES string of the molecule is C[SiH](O[Si](C)(C)C)c1cccc(N)c1N. The maximum absolute atomic E-state index is 6.10. The zero-order valence-electron chi connectivity index (χ0n) is 9.87. The Balaban J connectivity index is 2.92. The highest BCUT2D eigenvalue weighted by atomic mass is 28.4. The average molecular weight is 240 g/mol. The van der Waals surface area contributed by atoms with E-state index in [9.17, 15) is 0 Å². The highest BCUT2D eigenvalue weighted by Crippen LogP contribution is 2.13. The molecule has 5 heteroatoms. The summed E-state index contributed by atoms with van der Waals surface area (Å²) in [5.74, 6) is 0. The van der Waals surface area contributed by atoms with Gasteiger partial charge in [0.15, 0.2) is 17.4 Å². The number of para-hydroxylation sites is 1. The summed E-state index contributed by atoms with van der Waals surface area (Å²) in [6.07, 6.45) is 0. The number of rotatable bonds is 3. The molecule has 0 aliphatic carbocycles. The molecule has 0 heterocycles. The van der Waals surface area contributed by atoms with Gasteiger partial charge in [-0.15, -0.1) is 0 Å². The van der Waals surface area contributed by atoms with Gasteiger partial charge in [-0.2, -0.15) is 0 Å². The average Bonchev–Trinajstić information content (AvgIpc) is 2.06. The Morgan fingerprint density at radius 2 is 1.80 bits per heavy atom. The first-order valence-corrected chi connectivity index (χ1v) is 10.7. The van der Waals surface area contributed by atoms with Crippen molar-refractivity contribution in [1.29, 1.82) is 0 Å². The lowest BCUT2D eigenvalue weighted by atomic mass is 10.3. The quantitative estimate of drug-likeness (QED) is 0.618. The van der Waals surface area contributed by atoms with E-state index in [1.807, 2.05) is 18.2 Å². The summed E-state index contributed by atoms with van der Waals surface area (Å²) >= 11 is 0. The molecule has 15 heavy (non-hydrogen) atoms. The molecule has 1 atom stereocenters. The second-order valence-electron chi connectivity index (χ2n) is 4.72. The molecule has 3 nitrogen and oxygen atoms in total. The molecule has 84 valence electrons. The van der Waals surface area contributed by atoms with Gasteiger partial charge in [-0.25, -0.2) is 0 Å². The molecular formula is C10H20N2OSi2. The molecule has 4 N–H and O–H groups in total. The lowest BCUT2D eigenvalue weighted by Gasteiger charge is -2.24. The first-order valence-electron chi connectivity index (χ1n) is 5.13. The summed E-state index contributed by atoms with van der Waals surface area (Å²) in [6.45, 7) is 8.74. The highest BCUT2D eigenvalue weighted by molar-refractivity contribution is 6.82. The molecule has 1 aromatic carbocycles. The Kier molecular flexibility index (Phi) is 3.59. The predicted octanol–water partition coefficient (Wildman–Crippen LogP) is 1.26. The lowest BCUT2D eigenvalue weighted by Crippen LogP contribution is -2.41. The molecule has 0 fully saturated rings. The van der Waals surface area contributed by atoms with E-state index >= 15 is 0 Å². The van der Waals surface area contributed by atoms with Gasteiger partial charge in [-0.1, -0.05) is 12.1 Å². The maximum atomic E-state index is 6.10. The Labute approximate surface area is 94.3 Å². The monoisotopic (exact) mass is 240 g/mol. The zero-order chi connectivity index (χ0) is 11.6. The smallest absolute Gasteiger partial charge is 0.194 e. The van der Waals surface area contributed by atoms with Gasteiger partial charge >= 0.3 is 0 Å². The van der Waals surface area contributed by atoms with Gasteiger partial charge in [0.05, 0.1) is 11.4 Å². The van der Waals surface area contributed by atoms with E-state index in [1.54, 1.807) is 0 Å². The van der Waals surface area contributed by atoms with Crippen LogP contribution in [0.2, 0.25) is 26.2 Å². The van der Waals surface area contributed by atoms with Crippen LogP contribution in [0.3, 0.4) is 0 Å². The van der Waals surface area contributed by atoms with Crippen molar-refractivity contribution in [2.75, 3.05) is 11.5 Å². The van der Waals surface area contributed by atoms with Crippen molar-refractivity contribution < 1.29 is 4.12 Å². The summed E-state index contributed by atoms with van der Waals surface area (Å²) in [4.78, 5) is 0. The van der Waals surface area contributed by atoms with E-state index in [0.29, 0.717) is 11.4 Å². The molecular weight excluding hydrogens is 220 g/mol. The summed E-state index contributed by atoms with van der Waals surface area (Å²) in [6, 6.07) is 5.80. The second kappa shape index (κ2) is 4.38. The Bertz CT molecular complexity index is 350. The normalized spacial score (nSPS) is 13.9. The number of anilines is 2. The largest absolute Gasteiger partial charge is 0.455 e. The van der Waals surface area contributed by atoms with Gasteiger partial charge in [-0.05, 0) is 37.4 Å². The van der Waals surface area contributed by atoms with Crippen molar-refractivity contribution in [1.82, 2.24) is 0 Å². The summed E-state index contributed by atoms with van der Waals surface area (Å²) in [7, 11) is -2.87. The van der Waals surface area contributed by atoms with Crippen LogP contribution in [-0.4, -0.2) is 17.4 Å². The number of hydrogen-bond acceptors (Lipinski definition) is 3. The zero-order valence-corrected chi connectivity index (χ0v) is 12.0. The van der Waals surface area contributed by atoms with Gasteiger partial charge in [0.1, 0.15) is 0 Å². The summed E-state index contributed by atoms with van der Waals surface area (Å²) in [5.41, 5.74) is 13.1. The van der Waals surface area contributed by atoms with E-state index in [4.69, 9.17) is 15.6 Å². The number of nitrogen functional groups attached to an aromatic ring is 2. The van der Waals surface area contributed by atoms with Crippen LogP contribution in [0, 0.1) is 0 Å². The Morgan fingerprint density at radius 1 is 1.20 bits per heavy atom.